The molecular weight excluding hydrogens is 364 g/mol. The minimum Gasteiger partial charge on any atom is -0.399 e. The van der Waals surface area contributed by atoms with Gasteiger partial charge >= 0.3 is 0 Å². The van der Waals surface area contributed by atoms with Crippen LogP contribution in [0.25, 0.3) is 0 Å². The van der Waals surface area contributed by atoms with Gasteiger partial charge in [-0.15, -0.1) is 0 Å². The van der Waals surface area contributed by atoms with Gasteiger partial charge in [0.2, 0.25) is 0 Å². The molecule has 4 aliphatic rings. The zero-order valence-electron chi connectivity index (χ0n) is 18.7. The van der Waals surface area contributed by atoms with Crippen molar-refractivity contribution in [3.05, 3.63) is 0 Å². The largest absolute Gasteiger partial charge is 0.399 e. The molecule has 4 aliphatic carbocycles. The van der Waals surface area contributed by atoms with E-state index in [0.29, 0.717) is 35.8 Å². The Morgan fingerprint density at radius 1 is 1.07 bits per heavy atom. The van der Waals surface area contributed by atoms with Crippen LogP contribution in [-0.2, 0) is 9.57 Å². The van der Waals surface area contributed by atoms with Gasteiger partial charge in [0.15, 0.2) is 0 Å². The van der Waals surface area contributed by atoms with Crippen molar-refractivity contribution in [2.24, 2.45) is 45.4 Å². The van der Waals surface area contributed by atoms with Gasteiger partial charge in [0.1, 0.15) is 7.11 Å². The van der Waals surface area contributed by atoms with Crippen LogP contribution in [0.1, 0.15) is 78.1 Å². The maximum Gasteiger partial charge on any atom is 0.106 e. The second kappa shape index (κ2) is 8.12. The molecule has 4 fully saturated rings. The molecule has 0 aromatic carbocycles. The molecule has 3 unspecified atom stereocenters. The Morgan fingerprint density at radius 3 is 2.66 bits per heavy atom. The van der Waals surface area contributed by atoms with E-state index < -0.39 is 5.60 Å². The summed E-state index contributed by atoms with van der Waals surface area (Å²) in [5.41, 5.74) is 5.36. The Morgan fingerprint density at radius 2 is 1.90 bits per heavy atom. The number of nitrogens with two attached hydrogens (primary N) is 1. The van der Waals surface area contributed by atoms with E-state index in [4.69, 9.17) is 15.3 Å². The average Bonchev–Trinajstić information content (AvgIpc) is 2.97. The van der Waals surface area contributed by atoms with Crippen LogP contribution in [0, 0.1) is 34.5 Å². The monoisotopic (exact) mass is 406 g/mol. The van der Waals surface area contributed by atoms with E-state index in [2.05, 4.69) is 19.0 Å². The predicted octanol–water partition coefficient (Wildman–Crippen LogP) is 4.13. The molecule has 0 aromatic rings. The van der Waals surface area contributed by atoms with Crippen molar-refractivity contribution in [2.75, 3.05) is 20.3 Å². The van der Waals surface area contributed by atoms with Crippen molar-refractivity contribution in [1.29, 1.82) is 0 Å². The summed E-state index contributed by atoms with van der Waals surface area (Å²) in [5, 5.41) is 16.2. The first-order valence-electron chi connectivity index (χ1n) is 12.0. The van der Waals surface area contributed by atoms with E-state index >= 15 is 0 Å². The lowest BCUT2D eigenvalue weighted by Gasteiger charge is -2.63. The summed E-state index contributed by atoms with van der Waals surface area (Å²) in [6.07, 6.45) is 13.6. The highest BCUT2D eigenvalue weighted by atomic mass is 16.6. The second-order valence-electron chi connectivity index (χ2n) is 10.9. The Labute approximate surface area is 176 Å². The fraction of sp³-hybridized carbons (Fsp3) is 0.958. The molecule has 8 atom stereocenters. The highest BCUT2D eigenvalue weighted by Crippen LogP contribution is 2.68. The fourth-order valence-corrected chi connectivity index (χ4v) is 8.09. The molecule has 166 valence electrons. The molecule has 29 heavy (non-hydrogen) atoms. The Bertz CT molecular complexity index is 613. The second-order valence-corrected chi connectivity index (χ2v) is 10.9. The predicted molar refractivity (Wildman–Crippen MR) is 116 cm³/mol. The first kappa shape index (κ1) is 21.6. The lowest BCUT2D eigenvalue weighted by atomic mass is 9.43. The zero-order valence-corrected chi connectivity index (χ0v) is 18.7. The van der Waals surface area contributed by atoms with Gasteiger partial charge in [-0.05, 0) is 93.9 Å². The van der Waals surface area contributed by atoms with E-state index in [1.54, 1.807) is 7.11 Å². The molecule has 0 bridgehead atoms. The summed E-state index contributed by atoms with van der Waals surface area (Å²) in [7, 11) is 1.61. The van der Waals surface area contributed by atoms with E-state index in [1.807, 2.05) is 6.21 Å². The van der Waals surface area contributed by atoms with Crippen molar-refractivity contribution in [3.63, 3.8) is 0 Å². The molecule has 5 heteroatoms. The first-order valence-corrected chi connectivity index (χ1v) is 12.0. The van der Waals surface area contributed by atoms with Crippen LogP contribution in [-0.4, -0.2) is 43.3 Å². The average molecular weight is 407 g/mol. The SMILES string of the molecule is CO/N=C/C1CC[C@@]2(O)[C@@H]3CCC4CC(OCCCN)CC[C@]4(C)[C@@H]3CC[C@]12C. The number of fused-ring (bicyclic) bond motifs is 5. The number of ether oxygens (including phenoxy) is 1. The number of hydrogen-bond acceptors (Lipinski definition) is 5. The van der Waals surface area contributed by atoms with Gasteiger partial charge in [0, 0.05) is 24.2 Å². The lowest BCUT2D eigenvalue weighted by molar-refractivity contribution is -0.207. The van der Waals surface area contributed by atoms with Crippen molar-refractivity contribution >= 4 is 6.21 Å². The van der Waals surface area contributed by atoms with Gasteiger partial charge in [-0.25, -0.2) is 0 Å². The summed E-state index contributed by atoms with van der Waals surface area (Å²) in [5.74, 6) is 2.13. The zero-order chi connectivity index (χ0) is 20.7. The van der Waals surface area contributed by atoms with Crippen molar-refractivity contribution in [3.8, 4) is 0 Å². The molecular formula is C24H42N2O3. The first-order chi connectivity index (χ1) is 13.9. The third kappa shape index (κ3) is 3.36. The van der Waals surface area contributed by atoms with E-state index in [0.717, 1.165) is 38.2 Å². The Kier molecular flexibility index (Phi) is 6.04. The summed E-state index contributed by atoms with van der Waals surface area (Å²) in [6, 6.07) is 0. The molecule has 0 saturated heterocycles. The van der Waals surface area contributed by atoms with Crippen LogP contribution in [0.3, 0.4) is 0 Å². The number of hydrogen-bond donors (Lipinski definition) is 2. The van der Waals surface area contributed by atoms with E-state index in [-0.39, 0.29) is 5.41 Å². The minimum atomic E-state index is -0.553. The highest BCUT2D eigenvalue weighted by molar-refractivity contribution is 5.62. The molecule has 4 saturated carbocycles. The molecule has 0 aromatic heterocycles. The maximum atomic E-state index is 12.1. The standard InChI is InChI=1S/C24H42N2O3/c1-22-10-8-19(29-14-4-13-25)15-17(22)5-6-21-20(22)9-11-23(2)18(16-26-28-3)7-12-24(21,23)27/h16-21,27H,4-15,25H2,1-3H3/b26-16+/t17?,18?,19?,20-,21-,22+,23-,24-/m1/s1. The molecule has 0 spiro atoms. The molecule has 4 rings (SSSR count). The topological polar surface area (TPSA) is 77.1 Å². The minimum absolute atomic E-state index is 0.0675. The Hall–Kier alpha value is -0.650. The maximum absolute atomic E-state index is 12.1. The van der Waals surface area contributed by atoms with Crippen LogP contribution in [0.5, 0.6) is 0 Å². The van der Waals surface area contributed by atoms with Gasteiger partial charge in [-0.1, -0.05) is 19.0 Å². The van der Waals surface area contributed by atoms with Crippen LogP contribution >= 0.6 is 0 Å². The van der Waals surface area contributed by atoms with Crippen LogP contribution < -0.4 is 5.73 Å². The van der Waals surface area contributed by atoms with E-state index in [9.17, 15) is 5.11 Å². The van der Waals surface area contributed by atoms with Gasteiger partial charge in [-0.2, -0.15) is 0 Å². The molecule has 5 nitrogen and oxygen atoms in total. The van der Waals surface area contributed by atoms with Crippen LogP contribution in [0.15, 0.2) is 5.16 Å². The van der Waals surface area contributed by atoms with Crippen molar-refractivity contribution < 1.29 is 14.7 Å². The quantitative estimate of drug-likeness (QED) is 0.395. The van der Waals surface area contributed by atoms with Crippen molar-refractivity contribution in [2.45, 2.75) is 89.8 Å². The molecule has 0 amide bonds. The van der Waals surface area contributed by atoms with Gasteiger partial charge < -0.3 is 20.4 Å². The summed E-state index contributed by atoms with van der Waals surface area (Å²) >= 11 is 0. The van der Waals surface area contributed by atoms with Crippen LogP contribution in [0.2, 0.25) is 0 Å². The van der Waals surface area contributed by atoms with Gasteiger partial charge in [0.05, 0.1) is 11.7 Å². The smallest absolute Gasteiger partial charge is 0.106 e. The van der Waals surface area contributed by atoms with Gasteiger partial charge in [0.25, 0.3) is 0 Å². The van der Waals surface area contributed by atoms with Gasteiger partial charge in [-0.3, -0.25) is 0 Å². The number of rotatable bonds is 6. The Balaban J connectivity index is 1.50. The number of aliphatic hydroxyl groups is 1. The van der Waals surface area contributed by atoms with Crippen molar-refractivity contribution in [1.82, 2.24) is 0 Å². The summed E-state index contributed by atoms with van der Waals surface area (Å²) in [4.78, 5) is 4.97. The number of oxime groups is 1. The van der Waals surface area contributed by atoms with E-state index in [1.165, 1.54) is 38.5 Å². The summed E-state index contributed by atoms with van der Waals surface area (Å²) in [6.45, 7) is 6.37. The normalized spacial score (nSPS) is 49.5. The lowest BCUT2D eigenvalue weighted by Crippen LogP contribution is -2.62. The van der Waals surface area contributed by atoms with Crippen LogP contribution in [0.4, 0.5) is 0 Å². The fourth-order valence-electron chi connectivity index (χ4n) is 8.09. The number of nitrogens with zero attached hydrogens (tertiary/aromatic N) is 1. The molecule has 0 radical (unpaired) electrons. The third-order valence-corrected chi connectivity index (χ3v) is 9.92. The molecule has 0 aliphatic heterocycles. The highest BCUT2D eigenvalue weighted by Gasteiger charge is 2.66. The molecule has 3 N–H and O–H groups in total. The third-order valence-electron chi connectivity index (χ3n) is 9.92. The summed E-state index contributed by atoms with van der Waals surface area (Å²) < 4.78 is 6.15. The molecule has 0 heterocycles.